The molecule has 0 bridgehead atoms. The fraction of sp³-hybridized carbons (Fsp3) is 0.182. The van der Waals surface area contributed by atoms with Gasteiger partial charge in [-0.3, -0.25) is 4.68 Å². The van der Waals surface area contributed by atoms with Crippen molar-refractivity contribution in [2.24, 2.45) is 7.05 Å². The summed E-state index contributed by atoms with van der Waals surface area (Å²) in [6.07, 6.45) is 1.60. The minimum absolute atomic E-state index is 0. The first kappa shape index (κ1) is 13.6. The number of ether oxygens (including phenoxy) is 1. The number of aromatic nitrogens is 2. The Morgan fingerprint density at radius 3 is 2.76 bits per heavy atom. The van der Waals surface area contributed by atoms with E-state index in [2.05, 4.69) is 5.10 Å². The van der Waals surface area contributed by atoms with E-state index in [0.717, 1.165) is 0 Å². The number of aryl methyl sites for hydroxylation is 1. The summed E-state index contributed by atoms with van der Waals surface area (Å²) in [5, 5.41) is 13.9. The molecule has 0 amide bonds. The Hall–Kier alpha value is -1.51. The first-order valence-corrected chi connectivity index (χ1v) is 4.78. The average Bonchev–Trinajstić information content (AvgIpc) is 2.63. The second kappa shape index (κ2) is 5.21. The van der Waals surface area contributed by atoms with Crippen LogP contribution in [0.1, 0.15) is 0 Å². The molecular weight excluding hydrogens is 313 g/mol. The van der Waals surface area contributed by atoms with Crippen LogP contribution in [0, 0.1) is 0 Å². The zero-order chi connectivity index (χ0) is 11.7. The summed E-state index contributed by atoms with van der Waals surface area (Å²) in [5.74, 6) is 0.750. The molecule has 1 aromatic carbocycles. The molecular formula is C11H13N3O2Pd. The van der Waals surface area contributed by atoms with Gasteiger partial charge in [0.1, 0.15) is 11.4 Å². The molecule has 6 heteroatoms. The minimum atomic E-state index is 0. The van der Waals surface area contributed by atoms with Gasteiger partial charge < -0.3 is 15.6 Å². The Kier molecular flexibility index (Phi) is 4.16. The van der Waals surface area contributed by atoms with Crippen LogP contribution in [0.4, 0.5) is 5.69 Å². The summed E-state index contributed by atoms with van der Waals surface area (Å²) < 4.78 is 6.81. The van der Waals surface area contributed by atoms with E-state index in [1.54, 1.807) is 43.2 Å². The molecule has 2 rings (SSSR count). The predicted octanol–water partition coefficient (Wildman–Crippen LogP) is 1.38. The van der Waals surface area contributed by atoms with Crippen LogP contribution in [0.5, 0.6) is 11.5 Å². The Balaban J connectivity index is 0.00000144. The van der Waals surface area contributed by atoms with Gasteiger partial charge in [0, 0.05) is 38.7 Å². The van der Waals surface area contributed by atoms with Gasteiger partial charge in [0.15, 0.2) is 5.75 Å². The number of nitrogens with two attached hydrogens (primary N) is 1. The van der Waals surface area contributed by atoms with Gasteiger partial charge in [0.05, 0.1) is 13.3 Å². The number of methoxy groups -OCH3 is 1. The number of hydrogen-bond donors (Lipinski definition) is 2. The number of rotatable bonds is 2. The maximum Gasteiger partial charge on any atom is 0.164 e. The van der Waals surface area contributed by atoms with Gasteiger partial charge in [-0.2, -0.15) is 5.10 Å². The third-order valence-corrected chi connectivity index (χ3v) is 2.40. The van der Waals surface area contributed by atoms with E-state index in [1.165, 1.54) is 0 Å². The number of hydrogen-bond acceptors (Lipinski definition) is 4. The van der Waals surface area contributed by atoms with Crippen LogP contribution in [0.15, 0.2) is 24.4 Å². The third kappa shape index (κ3) is 2.43. The number of aromatic hydroxyl groups is 1. The third-order valence-electron chi connectivity index (χ3n) is 2.40. The van der Waals surface area contributed by atoms with Crippen LogP contribution in [-0.4, -0.2) is 22.0 Å². The Morgan fingerprint density at radius 1 is 1.41 bits per heavy atom. The molecule has 0 aliphatic rings. The van der Waals surface area contributed by atoms with Gasteiger partial charge in [-0.1, -0.05) is 0 Å². The molecule has 0 atom stereocenters. The van der Waals surface area contributed by atoms with Gasteiger partial charge in [-0.15, -0.1) is 0 Å². The number of nitrogen functional groups attached to an aromatic ring is 1. The second-order valence-electron chi connectivity index (χ2n) is 3.46. The molecule has 3 N–H and O–H groups in total. The maximum atomic E-state index is 9.80. The monoisotopic (exact) mass is 325 g/mol. The summed E-state index contributed by atoms with van der Waals surface area (Å²) >= 11 is 0. The summed E-state index contributed by atoms with van der Waals surface area (Å²) in [7, 11) is 3.34. The normalized spacial score (nSPS) is 9.76. The smallest absolute Gasteiger partial charge is 0.164 e. The minimum Gasteiger partial charge on any atom is -0.507 e. The van der Waals surface area contributed by atoms with E-state index in [4.69, 9.17) is 10.5 Å². The van der Waals surface area contributed by atoms with Crippen molar-refractivity contribution >= 4 is 5.69 Å². The SMILES string of the molecule is COc1cnn(C)c1-c1cc(N)ccc1O.[Pd]. The maximum absolute atomic E-state index is 9.80. The van der Waals surface area contributed by atoms with E-state index in [9.17, 15) is 5.11 Å². The van der Waals surface area contributed by atoms with Crippen molar-refractivity contribution < 1.29 is 30.3 Å². The summed E-state index contributed by atoms with van der Waals surface area (Å²) in [4.78, 5) is 0. The molecule has 5 nitrogen and oxygen atoms in total. The molecule has 0 saturated carbocycles. The number of phenolic OH excluding ortho intramolecular Hbond substituents is 1. The van der Waals surface area contributed by atoms with Crippen molar-refractivity contribution in [3.05, 3.63) is 24.4 Å². The van der Waals surface area contributed by atoms with Crippen LogP contribution in [0.2, 0.25) is 0 Å². The largest absolute Gasteiger partial charge is 0.507 e. The Bertz CT molecular complexity index is 525. The van der Waals surface area contributed by atoms with Crippen LogP contribution < -0.4 is 10.5 Å². The van der Waals surface area contributed by atoms with Crippen molar-refractivity contribution in [1.29, 1.82) is 0 Å². The van der Waals surface area contributed by atoms with Gasteiger partial charge in [-0.25, -0.2) is 0 Å². The van der Waals surface area contributed by atoms with Crippen molar-refractivity contribution in [3.8, 4) is 22.8 Å². The van der Waals surface area contributed by atoms with Crippen LogP contribution >= 0.6 is 0 Å². The van der Waals surface area contributed by atoms with E-state index in [-0.39, 0.29) is 26.2 Å². The fourth-order valence-electron chi connectivity index (χ4n) is 1.62. The molecule has 94 valence electrons. The quantitative estimate of drug-likeness (QED) is 0.497. The molecule has 2 aromatic rings. The van der Waals surface area contributed by atoms with Crippen molar-refractivity contribution in [2.45, 2.75) is 0 Å². The molecule has 0 spiro atoms. The van der Waals surface area contributed by atoms with E-state index in [1.807, 2.05) is 0 Å². The van der Waals surface area contributed by atoms with Crippen molar-refractivity contribution in [2.75, 3.05) is 12.8 Å². The summed E-state index contributed by atoms with van der Waals surface area (Å²) in [5.41, 5.74) is 7.58. The first-order valence-electron chi connectivity index (χ1n) is 4.78. The van der Waals surface area contributed by atoms with Gasteiger partial charge in [0.25, 0.3) is 0 Å². The molecule has 1 aromatic heterocycles. The first-order chi connectivity index (χ1) is 7.63. The molecule has 17 heavy (non-hydrogen) atoms. The summed E-state index contributed by atoms with van der Waals surface area (Å²) in [6, 6.07) is 4.88. The molecule has 0 unspecified atom stereocenters. The summed E-state index contributed by atoms with van der Waals surface area (Å²) in [6.45, 7) is 0. The number of nitrogens with zero attached hydrogens (tertiary/aromatic N) is 2. The van der Waals surface area contributed by atoms with E-state index in [0.29, 0.717) is 22.7 Å². The molecule has 0 aliphatic carbocycles. The molecule has 0 radical (unpaired) electrons. The van der Waals surface area contributed by atoms with Crippen LogP contribution in [-0.2, 0) is 27.5 Å². The zero-order valence-corrected chi connectivity index (χ0v) is 11.0. The molecule has 1 heterocycles. The van der Waals surface area contributed by atoms with E-state index < -0.39 is 0 Å². The van der Waals surface area contributed by atoms with Crippen LogP contribution in [0.25, 0.3) is 11.3 Å². The number of anilines is 1. The number of phenols is 1. The van der Waals surface area contributed by atoms with Gasteiger partial charge in [-0.05, 0) is 18.2 Å². The Labute approximate surface area is 113 Å². The average molecular weight is 326 g/mol. The standard InChI is InChI=1S/C11H13N3O2.Pd/c1-14-11(10(16-2)6-13-14)8-5-7(12)3-4-9(8)15;/h3-6,15H,12H2,1-2H3;. The zero-order valence-electron chi connectivity index (χ0n) is 9.45. The second-order valence-corrected chi connectivity index (χ2v) is 3.46. The van der Waals surface area contributed by atoms with Gasteiger partial charge >= 0.3 is 0 Å². The van der Waals surface area contributed by atoms with Gasteiger partial charge in [0.2, 0.25) is 0 Å². The topological polar surface area (TPSA) is 73.3 Å². The predicted molar refractivity (Wildman–Crippen MR) is 61.3 cm³/mol. The van der Waals surface area contributed by atoms with Crippen molar-refractivity contribution in [3.63, 3.8) is 0 Å². The van der Waals surface area contributed by atoms with E-state index >= 15 is 0 Å². The Morgan fingerprint density at radius 2 is 2.12 bits per heavy atom. The number of benzene rings is 1. The van der Waals surface area contributed by atoms with Crippen LogP contribution in [0.3, 0.4) is 0 Å². The molecule has 0 fully saturated rings. The molecule has 0 aliphatic heterocycles. The fourth-order valence-corrected chi connectivity index (χ4v) is 1.62. The van der Waals surface area contributed by atoms with Crippen molar-refractivity contribution in [1.82, 2.24) is 9.78 Å². The molecule has 0 saturated heterocycles.